The quantitative estimate of drug-likeness (QED) is 0.500. The Morgan fingerprint density at radius 3 is 2.41 bits per heavy atom. The van der Waals surface area contributed by atoms with E-state index in [1.807, 2.05) is 48.7 Å². The molecule has 0 amide bonds. The zero-order valence-electron chi connectivity index (χ0n) is 16.0. The van der Waals surface area contributed by atoms with Gasteiger partial charge in [-0.25, -0.2) is 9.97 Å². The number of hydrogen-bond acceptors (Lipinski definition) is 4. The second kappa shape index (κ2) is 7.95. The summed E-state index contributed by atoms with van der Waals surface area (Å²) in [5.41, 5.74) is 5.34. The first-order valence-corrected chi connectivity index (χ1v) is 10.1. The van der Waals surface area contributed by atoms with Crippen molar-refractivity contribution in [2.24, 2.45) is 0 Å². The second-order valence-electron chi connectivity index (χ2n) is 7.18. The third kappa shape index (κ3) is 3.77. The molecule has 2 aromatic carbocycles. The molecule has 0 atom stereocenters. The number of aromatic nitrogens is 3. The summed E-state index contributed by atoms with van der Waals surface area (Å²) >= 11 is 6.10. The Labute approximate surface area is 174 Å². The van der Waals surface area contributed by atoms with E-state index < -0.39 is 0 Å². The lowest BCUT2D eigenvalue weighted by molar-refractivity contribution is 0.0336. The molecule has 6 heteroatoms. The normalized spacial score (nSPS) is 15.1. The zero-order chi connectivity index (χ0) is 19.6. The SMILES string of the molecule is Clc1ccc(-c2nc3ncc(-c4ccccc4)cn3c2CN2CCOCC2)cc1. The van der Waals surface area contributed by atoms with Gasteiger partial charge in [-0.1, -0.05) is 54.1 Å². The van der Waals surface area contributed by atoms with Gasteiger partial charge in [0.2, 0.25) is 5.78 Å². The van der Waals surface area contributed by atoms with E-state index in [1.54, 1.807) is 0 Å². The molecule has 1 aliphatic rings. The molecular formula is C23H21ClN4O. The van der Waals surface area contributed by atoms with Crippen molar-refractivity contribution in [3.05, 3.63) is 77.7 Å². The van der Waals surface area contributed by atoms with E-state index in [0.717, 1.165) is 65.9 Å². The molecule has 1 aliphatic heterocycles. The van der Waals surface area contributed by atoms with Gasteiger partial charge in [0.05, 0.1) is 24.6 Å². The molecule has 0 unspecified atom stereocenters. The Morgan fingerprint density at radius 1 is 0.897 bits per heavy atom. The first-order chi connectivity index (χ1) is 14.3. The van der Waals surface area contributed by atoms with Crippen molar-refractivity contribution < 1.29 is 4.74 Å². The Morgan fingerprint density at radius 2 is 1.66 bits per heavy atom. The van der Waals surface area contributed by atoms with Crippen LogP contribution < -0.4 is 0 Å². The number of ether oxygens (including phenoxy) is 1. The summed E-state index contributed by atoms with van der Waals surface area (Å²) in [6.07, 6.45) is 4.03. The molecule has 4 aromatic rings. The lowest BCUT2D eigenvalue weighted by Crippen LogP contribution is -2.36. The molecule has 0 saturated carbocycles. The predicted octanol–water partition coefficient (Wildman–Crippen LogP) is 4.55. The molecule has 0 radical (unpaired) electrons. The summed E-state index contributed by atoms with van der Waals surface area (Å²) < 4.78 is 7.65. The first-order valence-electron chi connectivity index (χ1n) is 9.76. The van der Waals surface area contributed by atoms with E-state index in [9.17, 15) is 0 Å². The summed E-state index contributed by atoms with van der Waals surface area (Å²) in [5.74, 6) is 0.706. The maximum absolute atomic E-state index is 6.10. The van der Waals surface area contributed by atoms with Crippen molar-refractivity contribution in [3.63, 3.8) is 0 Å². The lowest BCUT2D eigenvalue weighted by atomic mass is 10.1. The van der Waals surface area contributed by atoms with Crippen LogP contribution in [0.15, 0.2) is 67.0 Å². The minimum atomic E-state index is 0.706. The molecule has 2 aromatic heterocycles. The lowest BCUT2D eigenvalue weighted by Gasteiger charge is -2.26. The largest absolute Gasteiger partial charge is 0.379 e. The fourth-order valence-corrected chi connectivity index (χ4v) is 3.85. The highest BCUT2D eigenvalue weighted by Crippen LogP contribution is 2.28. The van der Waals surface area contributed by atoms with Gasteiger partial charge >= 0.3 is 0 Å². The van der Waals surface area contributed by atoms with Gasteiger partial charge in [-0.3, -0.25) is 9.30 Å². The first kappa shape index (κ1) is 18.3. The summed E-state index contributed by atoms with van der Waals surface area (Å²) in [4.78, 5) is 11.9. The van der Waals surface area contributed by atoms with Gasteiger partial charge in [0.25, 0.3) is 0 Å². The Hall–Kier alpha value is -2.73. The minimum Gasteiger partial charge on any atom is -0.379 e. The number of imidazole rings is 1. The fourth-order valence-electron chi connectivity index (χ4n) is 3.72. The van der Waals surface area contributed by atoms with E-state index in [4.69, 9.17) is 21.3 Å². The maximum atomic E-state index is 6.10. The highest BCUT2D eigenvalue weighted by molar-refractivity contribution is 6.30. The molecule has 0 N–H and O–H groups in total. The van der Waals surface area contributed by atoms with Crippen molar-refractivity contribution in [3.8, 4) is 22.4 Å². The van der Waals surface area contributed by atoms with Crippen LogP contribution in [0.2, 0.25) is 5.02 Å². The van der Waals surface area contributed by atoms with E-state index in [-0.39, 0.29) is 0 Å². The molecule has 5 rings (SSSR count). The number of rotatable bonds is 4. The second-order valence-corrected chi connectivity index (χ2v) is 7.62. The summed E-state index contributed by atoms with van der Waals surface area (Å²) in [6, 6.07) is 18.2. The van der Waals surface area contributed by atoms with Crippen LogP contribution in [0.25, 0.3) is 28.2 Å². The topological polar surface area (TPSA) is 42.7 Å². The molecule has 29 heavy (non-hydrogen) atoms. The zero-order valence-corrected chi connectivity index (χ0v) is 16.7. The van der Waals surface area contributed by atoms with Gasteiger partial charge < -0.3 is 4.74 Å². The van der Waals surface area contributed by atoms with Crippen LogP contribution >= 0.6 is 11.6 Å². The molecule has 146 valence electrons. The van der Waals surface area contributed by atoms with E-state index >= 15 is 0 Å². The molecular weight excluding hydrogens is 384 g/mol. The third-order valence-corrected chi connectivity index (χ3v) is 5.53. The third-order valence-electron chi connectivity index (χ3n) is 5.28. The standard InChI is InChI=1S/C23H21ClN4O/c24-20-8-6-18(7-9-20)22-21(16-27-10-12-29-13-11-27)28-15-19(14-25-23(28)26-22)17-4-2-1-3-5-17/h1-9,14-15H,10-13,16H2. The monoisotopic (exact) mass is 404 g/mol. The molecule has 1 saturated heterocycles. The number of halogens is 1. The number of benzene rings is 2. The fraction of sp³-hybridized carbons (Fsp3) is 0.217. The van der Waals surface area contributed by atoms with Gasteiger partial charge in [-0.2, -0.15) is 0 Å². The maximum Gasteiger partial charge on any atom is 0.234 e. The molecule has 0 spiro atoms. The number of hydrogen-bond donors (Lipinski definition) is 0. The highest BCUT2D eigenvalue weighted by Gasteiger charge is 2.20. The molecule has 0 aliphatic carbocycles. The Bertz CT molecular complexity index is 1120. The van der Waals surface area contributed by atoms with E-state index in [2.05, 4.69) is 32.6 Å². The van der Waals surface area contributed by atoms with Gasteiger partial charge in [0.1, 0.15) is 0 Å². The van der Waals surface area contributed by atoms with Crippen LogP contribution in [0.1, 0.15) is 5.69 Å². The predicted molar refractivity (Wildman–Crippen MR) is 115 cm³/mol. The van der Waals surface area contributed by atoms with Crippen LogP contribution in [0.3, 0.4) is 0 Å². The van der Waals surface area contributed by atoms with Crippen molar-refractivity contribution in [1.82, 2.24) is 19.3 Å². The van der Waals surface area contributed by atoms with Gasteiger partial charge in [-0.15, -0.1) is 0 Å². The summed E-state index contributed by atoms with van der Waals surface area (Å²) in [6.45, 7) is 4.15. The van der Waals surface area contributed by atoms with Gasteiger partial charge in [0, 0.05) is 48.2 Å². The van der Waals surface area contributed by atoms with Crippen LogP contribution in [-0.2, 0) is 11.3 Å². The van der Waals surface area contributed by atoms with Crippen molar-refractivity contribution >= 4 is 17.4 Å². The van der Waals surface area contributed by atoms with Crippen LogP contribution in [0.4, 0.5) is 0 Å². The Kier molecular flexibility index (Phi) is 5.02. The summed E-state index contributed by atoms with van der Waals surface area (Å²) in [7, 11) is 0. The molecule has 5 nitrogen and oxygen atoms in total. The molecule has 0 bridgehead atoms. The van der Waals surface area contributed by atoms with Crippen molar-refractivity contribution in [1.29, 1.82) is 0 Å². The average molecular weight is 405 g/mol. The average Bonchev–Trinajstić information content (AvgIpc) is 3.13. The van der Waals surface area contributed by atoms with Crippen LogP contribution in [0, 0.1) is 0 Å². The van der Waals surface area contributed by atoms with Gasteiger partial charge in [0.15, 0.2) is 0 Å². The van der Waals surface area contributed by atoms with Crippen LogP contribution in [-0.4, -0.2) is 45.6 Å². The minimum absolute atomic E-state index is 0.706. The number of morpholine rings is 1. The number of nitrogens with zero attached hydrogens (tertiary/aromatic N) is 4. The van der Waals surface area contributed by atoms with Crippen LogP contribution in [0.5, 0.6) is 0 Å². The molecule has 3 heterocycles. The highest BCUT2D eigenvalue weighted by atomic mass is 35.5. The van der Waals surface area contributed by atoms with Crippen molar-refractivity contribution in [2.45, 2.75) is 6.54 Å². The van der Waals surface area contributed by atoms with E-state index in [1.165, 1.54) is 0 Å². The van der Waals surface area contributed by atoms with Gasteiger partial charge in [-0.05, 0) is 17.7 Å². The molecule has 1 fully saturated rings. The smallest absolute Gasteiger partial charge is 0.234 e. The number of fused-ring (bicyclic) bond motifs is 1. The van der Waals surface area contributed by atoms with Crippen molar-refractivity contribution in [2.75, 3.05) is 26.3 Å². The summed E-state index contributed by atoms with van der Waals surface area (Å²) in [5, 5.41) is 0.719. The Balaban J connectivity index is 1.64. The van der Waals surface area contributed by atoms with E-state index in [0.29, 0.717) is 5.78 Å².